The maximum atomic E-state index is 13.6. The number of carboxylic acids is 1. The number of carbonyl (C=O) groups excluding carboxylic acids is 1. The Labute approximate surface area is 214 Å². The molecule has 1 atom stereocenters. The van der Waals surface area contributed by atoms with Crippen molar-refractivity contribution in [1.29, 1.82) is 0 Å². The molecule has 194 valence electrons. The molecule has 0 spiro atoms. The predicted molar refractivity (Wildman–Crippen MR) is 134 cm³/mol. The summed E-state index contributed by atoms with van der Waals surface area (Å²) in [5.41, 5.74) is 6.17. The van der Waals surface area contributed by atoms with Gasteiger partial charge in [-0.05, 0) is 66.1 Å². The van der Waals surface area contributed by atoms with Gasteiger partial charge in [0.15, 0.2) is 11.4 Å². The summed E-state index contributed by atoms with van der Waals surface area (Å²) in [6.45, 7) is 1.71. The first-order valence-corrected chi connectivity index (χ1v) is 13.1. The maximum Gasteiger partial charge on any atom is 0.320 e. The van der Waals surface area contributed by atoms with Gasteiger partial charge in [0, 0.05) is 12.0 Å². The monoisotopic (exact) mass is 526 g/mol. The summed E-state index contributed by atoms with van der Waals surface area (Å²) < 4.78 is 47.9. The van der Waals surface area contributed by atoms with Crippen LogP contribution in [-0.2, 0) is 26.8 Å². The van der Waals surface area contributed by atoms with Crippen molar-refractivity contribution in [3.63, 3.8) is 0 Å². The molecule has 1 saturated heterocycles. The molecule has 3 aromatic carbocycles. The minimum Gasteiger partial charge on any atom is -0.480 e. The molecule has 37 heavy (non-hydrogen) atoms. The van der Waals surface area contributed by atoms with Crippen molar-refractivity contribution < 1.29 is 32.2 Å². The fourth-order valence-corrected chi connectivity index (χ4v) is 5.82. The molecule has 0 unspecified atom stereocenters. The smallest absolute Gasteiger partial charge is 0.320 e. The van der Waals surface area contributed by atoms with Crippen LogP contribution >= 0.6 is 0 Å². The number of benzene rings is 3. The van der Waals surface area contributed by atoms with E-state index in [4.69, 9.17) is 15.6 Å². The van der Waals surface area contributed by atoms with Crippen molar-refractivity contribution in [3.8, 4) is 5.75 Å². The highest BCUT2D eigenvalue weighted by molar-refractivity contribution is 7.89. The SMILES string of the molecule is CCC(=O)c1ccc(OC2(c3ccc(F)cc3)CN(S(=O)(=O)c3cccc(C[C@H](N)C(=O)O)c3)C2)cc1. The largest absolute Gasteiger partial charge is 0.480 e. The van der Waals surface area contributed by atoms with Crippen LogP contribution < -0.4 is 10.5 Å². The van der Waals surface area contributed by atoms with E-state index in [0.29, 0.717) is 28.9 Å². The Bertz CT molecular complexity index is 1400. The van der Waals surface area contributed by atoms with Crippen molar-refractivity contribution in [1.82, 2.24) is 4.31 Å². The van der Waals surface area contributed by atoms with E-state index in [1.54, 1.807) is 55.5 Å². The summed E-state index contributed by atoms with van der Waals surface area (Å²) in [5.74, 6) is -1.17. The van der Waals surface area contributed by atoms with Gasteiger partial charge in [0.1, 0.15) is 17.6 Å². The van der Waals surface area contributed by atoms with Gasteiger partial charge in [-0.15, -0.1) is 0 Å². The lowest BCUT2D eigenvalue weighted by Crippen LogP contribution is -2.64. The van der Waals surface area contributed by atoms with Crippen molar-refractivity contribution in [2.45, 2.75) is 36.3 Å². The molecule has 1 aliphatic heterocycles. The van der Waals surface area contributed by atoms with E-state index in [2.05, 4.69) is 0 Å². The van der Waals surface area contributed by atoms with Gasteiger partial charge in [-0.2, -0.15) is 4.31 Å². The van der Waals surface area contributed by atoms with Crippen LogP contribution in [0.3, 0.4) is 0 Å². The standard InChI is InChI=1S/C27H27FN2O6S/c1-2-25(31)19-6-12-22(13-7-19)36-27(20-8-10-21(28)11-9-20)16-30(17-27)37(34,35)23-5-3-4-18(14-23)15-24(29)26(32)33/h3-14,24H,2,15-17,29H2,1H3,(H,32,33)/t24-/m0/s1. The number of aliphatic carboxylic acids is 1. The lowest BCUT2D eigenvalue weighted by molar-refractivity contribution is -0.138. The lowest BCUT2D eigenvalue weighted by Gasteiger charge is -2.48. The highest BCUT2D eigenvalue weighted by Gasteiger charge is 2.52. The Hall–Kier alpha value is -3.60. The zero-order valence-corrected chi connectivity index (χ0v) is 20.9. The van der Waals surface area contributed by atoms with Gasteiger partial charge in [0.25, 0.3) is 0 Å². The number of nitrogens with zero attached hydrogens (tertiary/aromatic N) is 1. The Morgan fingerprint density at radius 2 is 1.73 bits per heavy atom. The minimum atomic E-state index is -3.94. The van der Waals surface area contributed by atoms with Crippen LogP contribution in [0.2, 0.25) is 0 Å². The van der Waals surface area contributed by atoms with E-state index in [1.807, 2.05) is 0 Å². The topological polar surface area (TPSA) is 127 Å². The third-order valence-electron chi connectivity index (χ3n) is 6.35. The molecule has 0 amide bonds. The second kappa shape index (κ2) is 10.4. The molecule has 1 aliphatic rings. The maximum absolute atomic E-state index is 13.6. The number of halogens is 1. The van der Waals surface area contributed by atoms with Gasteiger partial charge >= 0.3 is 5.97 Å². The second-order valence-electron chi connectivity index (χ2n) is 8.97. The molecule has 3 N–H and O–H groups in total. The van der Waals surface area contributed by atoms with E-state index in [9.17, 15) is 22.4 Å². The van der Waals surface area contributed by atoms with Gasteiger partial charge in [-0.3, -0.25) is 9.59 Å². The summed E-state index contributed by atoms with van der Waals surface area (Å²) >= 11 is 0. The van der Waals surface area contributed by atoms with Crippen LogP contribution in [0.5, 0.6) is 5.75 Å². The molecule has 8 nitrogen and oxygen atoms in total. The fourth-order valence-electron chi connectivity index (χ4n) is 4.21. The number of hydrogen-bond donors (Lipinski definition) is 2. The fraction of sp³-hybridized carbons (Fsp3) is 0.259. The highest BCUT2D eigenvalue weighted by atomic mass is 32.2. The number of nitrogens with two attached hydrogens (primary N) is 1. The number of carboxylic acid groups (broad SMARTS) is 1. The van der Waals surface area contributed by atoms with Crippen LogP contribution in [0.25, 0.3) is 0 Å². The first-order chi connectivity index (χ1) is 17.5. The molecule has 0 bridgehead atoms. The predicted octanol–water partition coefficient (Wildman–Crippen LogP) is 3.35. The summed E-state index contributed by atoms with van der Waals surface area (Å²) in [4.78, 5) is 23.0. The van der Waals surface area contributed by atoms with E-state index >= 15 is 0 Å². The number of carbonyl (C=O) groups is 2. The molecule has 0 aromatic heterocycles. The first kappa shape index (κ1) is 26.5. The number of rotatable bonds is 10. The summed E-state index contributed by atoms with van der Waals surface area (Å²) in [5, 5.41) is 9.06. The average Bonchev–Trinajstić information content (AvgIpc) is 2.86. The lowest BCUT2D eigenvalue weighted by atomic mass is 9.87. The zero-order chi connectivity index (χ0) is 26.8. The van der Waals surface area contributed by atoms with Crippen LogP contribution in [0, 0.1) is 5.82 Å². The molecule has 1 fully saturated rings. The quantitative estimate of drug-likeness (QED) is 0.388. The van der Waals surface area contributed by atoms with Crippen LogP contribution in [0.4, 0.5) is 4.39 Å². The van der Waals surface area contributed by atoms with E-state index in [0.717, 1.165) is 0 Å². The van der Waals surface area contributed by atoms with Gasteiger partial charge in [0.2, 0.25) is 10.0 Å². The Balaban J connectivity index is 1.59. The summed E-state index contributed by atoms with van der Waals surface area (Å²) in [6.07, 6.45) is 0.355. The first-order valence-electron chi connectivity index (χ1n) is 11.7. The molecule has 0 aliphatic carbocycles. The summed E-state index contributed by atoms with van der Waals surface area (Å²) in [6, 6.07) is 17.2. The molecule has 4 rings (SSSR count). The number of Topliss-reactive ketones (excluding diaryl/α,β-unsaturated/α-hetero) is 1. The molecule has 10 heteroatoms. The van der Waals surface area contributed by atoms with Gasteiger partial charge in [0.05, 0.1) is 18.0 Å². The van der Waals surface area contributed by atoms with E-state index < -0.39 is 33.5 Å². The van der Waals surface area contributed by atoms with Crippen LogP contribution in [-0.4, -0.2) is 48.7 Å². The third-order valence-corrected chi connectivity index (χ3v) is 8.14. The van der Waals surface area contributed by atoms with Crippen molar-refractivity contribution >= 4 is 21.8 Å². The van der Waals surface area contributed by atoms with Gasteiger partial charge < -0.3 is 15.6 Å². The highest BCUT2D eigenvalue weighted by Crippen LogP contribution is 2.40. The Morgan fingerprint density at radius 1 is 1.08 bits per heavy atom. The van der Waals surface area contributed by atoms with E-state index in [-0.39, 0.29) is 30.2 Å². The Kier molecular flexibility index (Phi) is 7.44. The Morgan fingerprint density at radius 3 is 2.32 bits per heavy atom. The number of ketones is 1. The molecular formula is C27H27FN2O6S. The van der Waals surface area contributed by atoms with Crippen LogP contribution in [0.1, 0.15) is 34.8 Å². The van der Waals surface area contributed by atoms with Crippen molar-refractivity contribution in [2.75, 3.05) is 13.1 Å². The summed E-state index contributed by atoms with van der Waals surface area (Å²) in [7, 11) is -3.94. The van der Waals surface area contributed by atoms with E-state index in [1.165, 1.54) is 28.6 Å². The number of sulfonamides is 1. The number of hydrogen-bond acceptors (Lipinski definition) is 6. The molecule has 1 heterocycles. The second-order valence-corrected chi connectivity index (χ2v) is 10.9. The average molecular weight is 527 g/mol. The van der Waals surface area contributed by atoms with Crippen molar-refractivity contribution in [2.24, 2.45) is 5.73 Å². The molecular weight excluding hydrogens is 499 g/mol. The number of ether oxygens (including phenoxy) is 1. The third kappa shape index (κ3) is 5.56. The molecule has 0 radical (unpaired) electrons. The molecule has 3 aromatic rings. The normalized spacial score (nSPS) is 16.0. The van der Waals surface area contributed by atoms with Crippen LogP contribution in [0.15, 0.2) is 77.7 Å². The molecule has 0 saturated carbocycles. The minimum absolute atomic E-state index is 0.00717. The van der Waals surface area contributed by atoms with Gasteiger partial charge in [-0.1, -0.05) is 31.2 Å². The zero-order valence-electron chi connectivity index (χ0n) is 20.1. The van der Waals surface area contributed by atoms with Gasteiger partial charge in [-0.25, -0.2) is 12.8 Å². The van der Waals surface area contributed by atoms with Crippen molar-refractivity contribution in [3.05, 3.63) is 95.3 Å².